The molecule has 0 radical (unpaired) electrons. The van der Waals surface area contributed by atoms with Crippen LogP contribution >= 0.6 is 0 Å². The molecule has 0 spiro atoms. The molecule has 2 aromatic heterocycles. The third kappa shape index (κ3) is 1.96. The molecule has 6 heteroatoms. The first-order valence-electron chi connectivity index (χ1n) is 6.83. The molecule has 0 fully saturated rings. The highest BCUT2D eigenvalue weighted by Crippen LogP contribution is 2.33. The molecule has 0 saturated heterocycles. The fraction of sp³-hybridized carbons (Fsp3) is 0.125. The second kappa shape index (κ2) is 4.77. The number of hydrogen-bond donors (Lipinski definition) is 1. The van der Waals surface area contributed by atoms with Crippen LogP contribution in [0.2, 0.25) is 0 Å². The first-order valence-corrected chi connectivity index (χ1v) is 6.83. The van der Waals surface area contributed by atoms with Crippen molar-refractivity contribution in [2.24, 2.45) is 0 Å². The van der Waals surface area contributed by atoms with Gasteiger partial charge in [0, 0.05) is 18.0 Å². The lowest BCUT2D eigenvalue weighted by Gasteiger charge is -2.18. The Morgan fingerprint density at radius 1 is 1.36 bits per heavy atom. The average Bonchev–Trinajstić information content (AvgIpc) is 2.98. The Hall–Kier alpha value is -3.02. The van der Waals surface area contributed by atoms with E-state index in [2.05, 4.69) is 10.3 Å². The summed E-state index contributed by atoms with van der Waals surface area (Å²) in [6, 6.07) is 9.39. The summed E-state index contributed by atoms with van der Waals surface area (Å²) in [5.41, 5.74) is 3.11. The number of nitrogens with one attached hydrogen (secondary N) is 1. The van der Waals surface area contributed by atoms with Gasteiger partial charge in [0.15, 0.2) is 18.0 Å². The summed E-state index contributed by atoms with van der Waals surface area (Å²) in [6.45, 7) is 0.0535. The molecular formula is C16H13N3O3. The van der Waals surface area contributed by atoms with Gasteiger partial charge >= 0.3 is 0 Å². The Morgan fingerprint density at radius 3 is 3.14 bits per heavy atom. The number of carbonyl (C=O) groups excluding carboxylic acids is 1. The number of rotatable bonds is 2. The van der Waals surface area contributed by atoms with Gasteiger partial charge in [-0.3, -0.25) is 4.79 Å². The van der Waals surface area contributed by atoms with E-state index >= 15 is 0 Å². The van der Waals surface area contributed by atoms with Crippen LogP contribution in [0.3, 0.4) is 0 Å². The molecule has 0 unspecified atom stereocenters. The highest BCUT2D eigenvalue weighted by Gasteiger charge is 2.17. The molecule has 110 valence electrons. The second-order valence-electron chi connectivity index (χ2n) is 4.98. The molecule has 1 aliphatic rings. The van der Waals surface area contributed by atoms with Crippen molar-refractivity contribution in [2.45, 2.75) is 0 Å². The molecule has 22 heavy (non-hydrogen) atoms. The molecule has 1 aliphatic heterocycles. The predicted octanol–water partition coefficient (Wildman–Crippen LogP) is 2.34. The summed E-state index contributed by atoms with van der Waals surface area (Å²) in [6.07, 6.45) is 3.84. The second-order valence-corrected chi connectivity index (χ2v) is 4.98. The summed E-state index contributed by atoms with van der Waals surface area (Å²) in [5.74, 6) is 1.23. The molecular weight excluding hydrogens is 282 g/mol. The van der Waals surface area contributed by atoms with Gasteiger partial charge in [-0.1, -0.05) is 0 Å². The first kappa shape index (κ1) is 12.7. The number of imidazole rings is 1. The molecule has 0 aliphatic carbocycles. The zero-order valence-electron chi connectivity index (χ0n) is 11.9. The van der Waals surface area contributed by atoms with Gasteiger partial charge < -0.3 is 19.2 Å². The molecule has 0 bridgehead atoms. The topological polar surface area (TPSA) is 64.9 Å². The standard InChI is InChI=1S/C16H13N3O3/c1-21-14-3-2-6-19-8-12(18-16(14)19)10-4-5-13-11(7-10)17-15(20)9-22-13/h2-8H,9H2,1H3,(H,17,20). The van der Waals surface area contributed by atoms with Crippen LogP contribution in [0.25, 0.3) is 16.9 Å². The molecule has 3 aromatic rings. The Bertz CT molecular complexity index is 885. The molecule has 1 N–H and O–H groups in total. The van der Waals surface area contributed by atoms with Crippen LogP contribution in [0.4, 0.5) is 5.69 Å². The number of carbonyl (C=O) groups is 1. The van der Waals surface area contributed by atoms with Gasteiger partial charge in [-0.15, -0.1) is 0 Å². The number of amides is 1. The number of fused-ring (bicyclic) bond motifs is 2. The number of methoxy groups -OCH3 is 1. The van der Waals surface area contributed by atoms with Gasteiger partial charge in [-0.2, -0.15) is 0 Å². The number of pyridine rings is 1. The molecule has 0 atom stereocenters. The van der Waals surface area contributed by atoms with Gasteiger partial charge in [0.1, 0.15) is 5.75 Å². The lowest BCUT2D eigenvalue weighted by atomic mass is 10.1. The SMILES string of the molecule is COc1cccn2cc(-c3ccc4c(c3)NC(=O)CO4)nc12. The smallest absolute Gasteiger partial charge is 0.262 e. The van der Waals surface area contributed by atoms with Gasteiger partial charge in [-0.25, -0.2) is 4.98 Å². The van der Waals surface area contributed by atoms with Crippen molar-refractivity contribution in [1.82, 2.24) is 9.38 Å². The average molecular weight is 295 g/mol. The number of ether oxygens (including phenoxy) is 2. The summed E-state index contributed by atoms with van der Waals surface area (Å²) < 4.78 is 12.6. The fourth-order valence-corrected chi connectivity index (χ4v) is 2.53. The third-order valence-electron chi connectivity index (χ3n) is 3.58. The van der Waals surface area contributed by atoms with E-state index < -0.39 is 0 Å². The van der Waals surface area contributed by atoms with E-state index in [1.165, 1.54) is 0 Å². The van der Waals surface area contributed by atoms with E-state index in [1.807, 2.05) is 47.1 Å². The van der Waals surface area contributed by atoms with Crippen molar-refractivity contribution in [2.75, 3.05) is 19.0 Å². The van der Waals surface area contributed by atoms with Crippen LogP contribution in [0.1, 0.15) is 0 Å². The maximum atomic E-state index is 11.4. The normalized spacial score (nSPS) is 13.4. The minimum atomic E-state index is -0.152. The van der Waals surface area contributed by atoms with Crippen molar-refractivity contribution in [3.05, 3.63) is 42.7 Å². The maximum absolute atomic E-state index is 11.4. The van der Waals surface area contributed by atoms with E-state index in [9.17, 15) is 4.79 Å². The first-order chi connectivity index (χ1) is 10.7. The monoisotopic (exact) mass is 295 g/mol. The van der Waals surface area contributed by atoms with Crippen molar-refractivity contribution < 1.29 is 14.3 Å². The maximum Gasteiger partial charge on any atom is 0.262 e. The third-order valence-corrected chi connectivity index (χ3v) is 3.58. The Labute approximate surface area is 126 Å². The summed E-state index contributed by atoms with van der Waals surface area (Å²) in [5, 5.41) is 2.80. The molecule has 1 aromatic carbocycles. The van der Waals surface area contributed by atoms with Gasteiger partial charge in [0.2, 0.25) is 0 Å². The minimum absolute atomic E-state index is 0.0535. The largest absolute Gasteiger partial charge is 0.493 e. The quantitative estimate of drug-likeness (QED) is 0.788. The van der Waals surface area contributed by atoms with Gasteiger partial charge in [0.05, 0.1) is 18.5 Å². The number of aromatic nitrogens is 2. The molecule has 3 heterocycles. The van der Waals surface area contributed by atoms with Crippen molar-refractivity contribution >= 4 is 17.2 Å². The lowest BCUT2D eigenvalue weighted by Crippen LogP contribution is -2.25. The Kier molecular flexibility index (Phi) is 2.75. The summed E-state index contributed by atoms with van der Waals surface area (Å²) in [4.78, 5) is 16.0. The molecule has 6 nitrogen and oxygen atoms in total. The number of nitrogens with zero attached hydrogens (tertiary/aromatic N) is 2. The van der Waals surface area contributed by atoms with Crippen molar-refractivity contribution in [1.29, 1.82) is 0 Å². The molecule has 0 saturated carbocycles. The zero-order chi connectivity index (χ0) is 15.1. The van der Waals surface area contributed by atoms with Crippen LogP contribution in [0, 0.1) is 0 Å². The van der Waals surface area contributed by atoms with E-state index in [0.717, 1.165) is 16.9 Å². The zero-order valence-corrected chi connectivity index (χ0v) is 11.9. The highest BCUT2D eigenvalue weighted by atomic mass is 16.5. The van der Waals surface area contributed by atoms with Gasteiger partial charge in [0.25, 0.3) is 5.91 Å². The van der Waals surface area contributed by atoms with Crippen molar-refractivity contribution in [3.8, 4) is 22.8 Å². The van der Waals surface area contributed by atoms with Crippen LogP contribution in [-0.2, 0) is 4.79 Å². The molecule has 4 rings (SSSR count). The summed E-state index contributed by atoms with van der Waals surface area (Å²) in [7, 11) is 1.62. The van der Waals surface area contributed by atoms with E-state index in [1.54, 1.807) is 7.11 Å². The highest BCUT2D eigenvalue weighted by molar-refractivity contribution is 5.96. The number of anilines is 1. The summed E-state index contributed by atoms with van der Waals surface area (Å²) >= 11 is 0. The van der Waals surface area contributed by atoms with E-state index in [-0.39, 0.29) is 12.5 Å². The van der Waals surface area contributed by atoms with E-state index in [0.29, 0.717) is 17.2 Å². The number of hydrogen-bond acceptors (Lipinski definition) is 4. The van der Waals surface area contributed by atoms with Crippen molar-refractivity contribution in [3.63, 3.8) is 0 Å². The van der Waals surface area contributed by atoms with Crippen LogP contribution in [-0.4, -0.2) is 29.0 Å². The molecule has 1 amide bonds. The lowest BCUT2D eigenvalue weighted by molar-refractivity contribution is -0.118. The minimum Gasteiger partial charge on any atom is -0.493 e. The van der Waals surface area contributed by atoms with Crippen LogP contribution < -0.4 is 14.8 Å². The van der Waals surface area contributed by atoms with E-state index in [4.69, 9.17) is 9.47 Å². The van der Waals surface area contributed by atoms with Crippen LogP contribution in [0.5, 0.6) is 11.5 Å². The fourth-order valence-electron chi connectivity index (χ4n) is 2.53. The predicted molar refractivity (Wildman–Crippen MR) is 81.3 cm³/mol. The Balaban J connectivity index is 1.82. The van der Waals surface area contributed by atoms with Crippen LogP contribution in [0.15, 0.2) is 42.7 Å². The Morgan fingerprint density at radius 2 is 2.27 bits per heavy atom. The number of benzene rings is 1. The van der Waals surface area contributed by atoms with Gasteiger partial charge in [-0.05, 0) is 30.3 Å².